The van der Waals surface area contributed by atoms with Crippen molar-refractivity contribution in [1.82, 2.24) is 0 Å². The third-order valence-electron chi connectivity index (χ3n) is 1.28. The summed E-state index contributed by atoms with van der Waals surface area (Å²) >= 11 is 0. The highest BCUT2D eigenvalue weighted by Crippen LogP contribution is 2.00. The fourth-order valence-corrected chi connectivity index (χ4v) is 0.738. The Kier molecular flexibility index (Phi) is 2.57. The van der Waals surface area contributed by atoms with Crippen LogP contribution in [0.5, 0.6) is 0 Å². The van der Waals surface area contributed by atoms with Gasteiger partial charge in [-0.2, -0.15) is 0 Å². The van der Waals surface area contributed by atoms with Crippen molar-refractivity contribution in [3.8, 4) is 0 Å². The van der Waals surface area contributed by atoms with E-state index < -0.39 is 5.97 Å². The van der Waals surface area contributed by atoms with Gasteiger partial charge in [0, 0.05) is 0 Å². The fraction of sp³-hybridized carbons (Fsp3) is 0.100. The van der Waals surface area contributed by atoms with Gasteiger partial charge in [-0.1, -0.05) is 30.8 Å². The molecule has 0 amide bonds. The third kappa shape index (κ3) is 2.23. The lowest BCUT2D eigenvalue weighted by Gasteiger charge is -1.99. The van der Waals surface area contributed by atoms with Crippen LogP contribution in [0, 0.1) is 0 Å². The van der Waals surface area contributed by atoms with Crippen molar-refractivity contribution in [3.05, 3.63) is 48.5 Å². The topological polar surface area (TPSA) is 26.3 Å². The largest absolute Gasteiger partial charge is 0.458 e. The molecule has 0 atom stereocenters. The van der Waals surface area contributed by atoms with Crippen LogP contribution >= 0.6 is 0 Å². The molecule has 0 radical (unpaired) electrons. The molecule has 0 bridgehead atoms. The van der Waals surface area contributed by atoms with Crippen molar-refractivity contribution in [2.45, 2.75) is 0 Å². The van der Waals surface area contributed by atoms with Crippen LogP contribution in [-0.2, 0) is 4.74 Å². The predicted octanol–water partition coefficient (Wildman–Crippen LogP) is 2.03. The Labute approximate surface area is 72.9 Å². The lowest BCUT2D eigenvalue weighted by atomic mass is 10.2. The summed E-state index contributed by atoms with van der Waals surface area (Å²) in [6, 6.07) is 6.62. The van der Waals surface area contributed by atoms with Crippen molar-refractivity contribution in [1.29, 1.82) is 0 Å². The predicted molar refractivity (Wildman–Crippen MR) is 46.9 cm³/mol. The van der Waals surface area contributed by atoms with Crippen molar-refractivity contribution < 1.29 is 10.9 Å². The fourth-order valence-electron chi connectivity index (χ4n) is 0.738. The Balaban J connectivity index is 2.71. The van der Waals surface area contributed by atoms with Crippen LogP contribution in [0.2, 0.25) is 0 Å². The van der Waals surface area contributed by atoms with Gasteiger partial charge in [-0.25, -0.2) is 4.79 Å². The van der Waals surface area contributed by atoms with Crippen LogP contribution < -0.4 is 0 Å². The molecule has 62 valence electrons. The molecule has 2 nitrogen and oxygen atoms in total. The molecule has 0 unspecified atom stereocenters. The summed E-state index contributed by atoms with van der Waals surface area (Å²) in [7, 11) is 0. The molecule has 0 fully saturated rings. The summed E-state index contributed by atoms with van der Waals surface area (Å²) < 4.78 is 12.1. The first-order valence-corrected chi connectivity index (χ1v) is 3.58. The molecule has 12 heavy (non-hydrogen) atoms. The van der Waals surface area contributed by atoms with Gasteiger partial charge in [0.25, 0.3) is 0 Å². The number of carbonyl (C=O) groups is 1. The number of ether oxygens (including phenoxy) is 1. The van der Waals surface area contributed by atoms with Gasteiger partial charge in [0.15, 0.2) is 0 Å². The average molecular weight is 163 g/mol. The Morgan fingerprint density at radius 2 is 2.50 bits per heavy atom. The molecule has 0 aliphatic carbocycles. The highest BCUT2D eigenvalue weighted by Gasteiger charge is 2.02. The summed E-state index contributed by atoms with van der Waals surface area (Å²) in [6.07, 6.45) is 1.50. The minimum Gasteiger partial charge on any atom is -0.458 e. The zero-order valence-electron chi connectivity index (χ0n) is 7.62. The number of hydrogen-bond donors (Lipinski definition) is 0. The lowest BCUT2D eigenvalue weighted by molar-refractivity contribution is 0.0550. The average Bonchev–Trinajstić information content (AvgIpc) is 2.14. The second-order valence-electron chi connectivity index (χ2n) is 2.18. The van der Waals surface area contributed by atoms with E-state index in [0.717, 1.165) is 0 Å². The van der Waals surface area contributed by atoms with Crippen LogP contribution in [0.3, 0.4) is 0 Å². The molecule has 0 aliphatic rings. The van der Waals surface area contributed by atoms with E-state index in [4.69, 9.17) is 6.11 Å². The summed E-state index contributed by atoms with van der Waals surface area (Å²) in [5.41, 5.74) is 0.398. The van der Waals surface area contributed by atoms with Gasteiger partial charge in [0.2, 0.25) is 0 Å². The van der Waals surface area contributed by atoms with Gasteiger partial charge < -0.3 is 4.74 Å². The SMILES string of the molecule is [2H]c1cccc(C(=O)OCC=C)c1. The number of carbonyl (C=O) groups excluding carboxylic acids is 1. The van der Waals surface area contributed by atoms with Crippen molar-refractivity contribution in [3.63, 3.8) is 0 Å². The highest BCUT2D eigenvalue weighted by molar-refractivity contribution is 5.89. The minimum atomic E-state index is -0.422. The molecule has 2 heteroatoms. The molecular weight excluding hydrogens is 152 g/mol. The molecule has 0 heterocycles. The summed E-state index contributed by atoms with van der Waals surface area (Å²) in [5, 5.41) is 0. The van der Waals surface area contributed by atoms with E-state index in [1.165, 1.54) is 12.1 Å². The lowest BCUT2D eigenvalue weighted by Crippen LogP contribution is -2.04. The van der Waals surface area contributed by atoms with Crippen molar-refractivity contribution in [2.24, 2.45) is 0 Å². The molecule has 0 spiro atoms. The van der Waals surface area contributed by atoms with E-state index in [2.05, 4.69) is 6.58 Å². The van der Waals surface area contributed by atoms with Gasteiger partial charge in [0.1, 0.15) is 6.61 Å². The maximum atomic E-state index is 11.2. The summed E-state index contributed by atoms with van der Waals surface area (Å²) in [4.78, 5) is 11.2. The molecule has 1 aromatic carbocycles. The molecule has 0 aliphatic heterocycles. The first-order chi connectivity index (χ1) is 6.24. The Morgan fingerprint density at radius 3 is 3.17 bits per heavy atom. The quantitative estimate of drug-likeness (QED) is 0.503. The molecule has 0 aromatic heterocycles. The smallest absolute Gasteiger partial charge is 0.338 e. The molecule has 1 rings (SSSR count). The molecule has 1 aromatic rings. The molecule has 0 saturated carbocycles. The highest BCUT2D eigenvalue weighted by atomic mass is 16.5. The zero-order chi connectivity index (χ0) is 9.68. The first kappa shape index (κ1) is 7.10. The monoisotopic (exact) mass is 163 g/mol. The van der Waals surface area contributed by atoms with E-state index in [0.29, 0.717) is 11.6 Å². The Bertz CT molecular complexity index is 320. The van der Waals surface area contributed by atoms with Crippen LogP contribution in [0.15, 0.2) is 43.0 Å². The summed E-state index contributed by atoms with van der Waals surface area (Å²) in [5.74, 6) is -0.422. The van der Waals surface area contributed by atoms with Crippen molar-refractivity contribution >= 4 is 5.97 Å². The van der Waals surface area contributed by atoms with Crippen LogP contribution in [0.1, 0.15) is 11.7 Å². The number of rotatable bonds is 3. The maximum absolute atomic E-state index is 11.2. The van der Waals surface area contributed by atoms with E-state index >= 15 is 0 Å². The van der Waals surface area contributed by atoms with Gasteiger partial charge in [-0.3, -0.25) is 0 Å². The van der Waals surface area contributed by atoms with Crippen molar-refractivity contribution in [2.75, 3.05) is 6.61 Å². The van der Waals surface area contributed by atoms with Crippen LogP contribution in [-0.4, -0.2) is 12.6 Å². The molecule has 0 saturated heterocycles. The second kappa shape index (κ2) is 4.34. The van der Waals surface area contributed by atoms with Crippen LogP contribution in [0.25, 0.3) is 0 Å². The van der Waals surface area contributed by atoms with E-state index in [1.54, 1.807) is 18.2 Å². The Hall–Kier alpha value is -1.57. The van der Waals surface area contributed by atoms with Crippen LogP contribution in [0.4, 0.5) is 0 Å². The number of benzene rings is 1. The standard InChI is InChI=1S/C10H10O2/c1-2-8-12-10(11)9-6-4-3-5-7-9/h2-7H,1,8H2/i4D. The first-order valence-electron chi connectivity index (χ1n) is 4.08. The number of hydrogen-bond acceptors (Lipinski definition) is 2. The van der Waals surface area contributed by atoms with E-state index in [-0.39, 0.29) is 6.61 Å². The minimum absolute atomic E-state index is 0.195. The molecule has 0 N–H and O–H groups in total. The summed E-state index contributed by atoms with van der Waals surface area (Å²) in [6.45, 7) is 3.63. The third-order valence-corrected chi connectivity index (χ3v) is 1.28. The number of esters is 1. The van der Waals surface area contributed by atoms with Gasteiger partial charge in [-0.15, -0.1) is 0 Å². The second-order valence-corrected chi connectivity index (χ2v) is 2.18. The maximum Gasteiger partial charge on any atom is 0.338 e. The van der Waals surface area contributed by atoms with Gasteiger partial charge >= 0.3 is 5.97 Å². The van der Waals surface area contributed by atoms with Gasteiger partial charge in [0.05, 0.1) is 6.93 Å². The van der Waals surface area contributed by atoms with E-state index in [1.807, 2.05) is 0 Å². The normalized spacial score (nSPS) is 10.2. The molecular formula is C10H10O2. The van der Waals surface area contributed by atoms with Gasteiger partial charge in [-0.05, 0) is 12.1 Å². The Morgan fingerprint density at radius 1 is 1.67 bits per heavy atom. The van der Waals surface area contributed by atoms with E-state index in [9.17, 15) is 4.79 Å². The zero-order valence-corrected chi connectivity index (χ0v) is 6.62.